The van der Waals surface area contributed by atoms with Crippen molar-refractivity contribution in [1.29, 1.82) is 0 Å². The van der Waals surface area contributed by atoms with E-state index in [1.165, 1.54) is 10.9 Å². The number of rotatable bonds is 8. The molecule has 0 bridgehead atoms. The second kappa shape index (κ2) is 12.0. The van der Waals surface area contributed by atoms with Crippen molar-refractivity contribution in [3.8, 4) is 11.5 Å². The largest absolute Gasteiger partial charge is 0.490 e. The Morgan fingerprint density at radius 3 is 2.54 bits per heavy atom. The summed E-state index contributed by atoms with van der Waals surface area (Å²) in [7, 11) is 0. The Morgan fingerprint density at radius 2 is 1.92 bits per heavy atom. The average Bonchev–Trinajstić information content (AvgIpc) is 2.83. The molecule has 0 saturated carbocycles. The third kappa shape index (κ3) is 6.53. The molecule has 0 radical (unpaired) electrons. The molecule has 1 aromatic heterocycles. The number of aromatic nitrogens is 2. The zero-order chi connectivity index (χ0) is 27.5. The van der Waals surface area contributed by atoms with Crippen molar-refractivity contribution in [2.75, 3.05) is 13.2 Å². The van der Waals surface area contributed by atoms with Crippen LogP contribution in [0.2, 0.25) is 5.02 Å². The van der Waals surface area contributed by atoms with Crippen LogP contribution in [0.1, 0.15) is 52.9 Å². The van der Waals surface area contributed by atoms with Gasteiger partial charge in [-0.2, -0.15) is 9.78 Å². The van der Waals surface area contributed by atoms with Gasteiger partial charge in [0.15, 0.2) is 17.6 Å². The van der Waals surface area contributed by atoms with Gasteiger partial charge in [0, 0.05) is 19.9 Å². The molecule has 0 fully saturated rings. The molecule has 1 atom stereocenters. The summed E-state index contributed by atoms with van der Waals surface area (Å²) in [6.07, 6.45) is 0.595. The van der Waals surface area contributed by atoms with Crippen molar-refractivity contribution in [2.24, 2.45) is 5.10 Å². The number of carbonyl (C=O) groups excluding carboxylic acids is 1. The first-order valence-electron chi connectivity index (χ1n) is 11.6. The summed E-state index contributed by atoms with van der Waals surface area (Å²) in [5.74, 6) is 0.487. The van der Waals surface area contributed by atoms with Crippen LogP contribution in [0.25, 0.3) is 10.9 Å². The zero-order valence-electron chi connectivity index (χ0n) is 21.4. The number of benzene rings is 2. The number of nitrogens with zero attached hydrogens (tertiary/aromatic N) is 3. The van der Waals surface area contributed by atoms with Crippen LogP contribution in [-0.2, 0) is 14.9 Å². The molecule has 8 nitrogen and oxygen atoms in total. The number of ether oxygens (including phenoxy) is 3. The van der Waals surface area contributed by atoms with E-state index in [0.29, 0.717) is 39.1 Å². The highest BCUT2D eigenvalue weighted by molar-refractivity contribution is 9.10. The molecule has 0 aliphatic carbocycles. The van der Waals surface area contributed by atoms with E-state index in [1.54, 1.807) is 32.0 Å². The first-order chi connectivity index (χ1) is 17.4. The molecule has 37 heavy (non-hydrogen) atoms. The van der Waals surface area contributed by atoms with Gasteiger partial charge in [0.05, 0.1) is 30.3 Å². The first-order valence-corrected chi connectivity index (χ1v) is 13.6. The molecule has 11 heteroatoms. The van der Waals surface area contributed by atoms with Crippen molar-refractivity contribution in [3.05, 3.63) is 60.0 Å². The van der Waals surface area contributed by atoms with Gasteiger partial charge in [-0.05, 0) is 61.0 Å². The molecule has 0 saturated heterocycles. The molecule has 3 rings (SSSR count). The maximum Gasteiger partial charge on any atom is 0.347 e. The van der Waals surface area contributed by atoms with Gasteiger partial charge in [0.25, 0.3) is 5.56 Å². The second-order valence-corrected chi connectivity index (χ2v) is 11.2. The SMILES string of the molecule is CCOC(=O)[C@H](C)Oc1c(OCC)cc(C=Nn2c(C(C)(C)C)nc3ccc(Br)cc3c2=O)c(Br)c1Cl. The van der Waals surface area contributed by atoms with E-state index in [1.807, 2.05) is 33.8 Å². The molecule has 198 valence electrons. The van der Waals surface area contributed by atoms with Crippen LogP contribution < -0.4 is 15.0 Å². The number of halogens is 3. The van der Waals surface area contributed by atoms with E-state index in [-0.39, 0.29) is 22.9 Å². The van der Waals surface area contributed by atoms with Gasteiger partial charge in [-0.25, -0.2) is 9.78 Å². The highest BCUT2D eigenvalue weighted by Crippen LogP contribution is 2.43. The highest BCUT2D eigenvalue weighted by atomic mass is 79.9. The van der Waals surface area contributed by atoms with Crippen molar-refractivity contribution < 1.29 is 19.0 Å². The van der Waals surface area contributed by atoms with Crippen LogP contribution in [0.4, 0.5) is 0 Å². The molecule has 0 unspecified atom stereocenters. The smallest absolute Gasteiger partial charge is 0.347 e. The summed E-state index contributed by atoms with van der Waals surface area (Å²) in [4.78, 5) is 30.3. The average molecular weight is 658 g/mol. The molecule has 0 aliphatic heterocycles. The Hall–Kier alpha value is -2.43. The predicted molar refractivity (Wildman–Crippen MR) is 152 cm³/mol. The van der Waals surface area contributed by atoms with Crippen LogP contribution >= 0.6 is 43.5 Å². The van der Waals surface area contributed by atoms with Gasteiger partial charge < -0.3 is 14.2 Å². The van der Waals surface area contributed by atoms with E-state index < -0.39 is 17.5 Å². The fourth-order valence-corrected chi connectivity index (χ4v) is 4.42. The lowest BCUT2D eigenvalue weighted by Crippen LogP contribution is -2.29. The van der Waals surface area contributed by atoms with Crippen molar-refractivity contribution in [2.45, 2.75) is 53.1 Å². The van der Waals surface area contributed by atoms with Crippen LogP contribution in [0.3, 0.4) is 0 Å². The van der Waals surface area contributed by atoms with Crippen LogP contribution in [0, 0.1) is 0 Å². The monoisotopic (exact) mass is 655 g/mol. The molecule has 2 aromatic carbocycles. The fraction of sp³-hybridized carbons (Fsp3) is 0.385. The van der Waals surface area contributed by atoms with Crippen LogP contribution in [0.5, 0.6) is 11.5 Å². The van der Waals surface area contributed by atoms with Crippen LogP contribution in [0.15, 0.2) is 43.1 Å². The van der Waals surface area contributed by atoms with E-state index in [9.17, 15) is 9.59 Å². The maximum atomic E-state index is 13.4. The summed E-state index contributed by atoms with van der Waals surface area (Å²) < 4.78 is 19.1. The Kier molecular flexibility index (Phi) is 9.42. The lowest BCUT2D eigenvalue weighted by atomic mass is 9.95. The Balaban J connectivity index is 2.14. The van der Waals surface area contributed by atoms with Crippen LogP contribution in [-0.4, -0.2) is 41.2 Å². The lowest BCUT2D eigenvalue weighted by Gasteiger charge is -2.21. The summed E-state index contributed by atoms with van der Waals surface area (Å²) >= 11 is 13.5. The van der Waals surface area contributed by atoms with Crippen molar-refractivity contribution in [1.82, 2.24) is 9.66 Å². The molecule has 0 N–H and O–H groups in total. The molecule has 1 heterocycles. The Bertz CT molecular complexity index is 1420. The molecule has 0 spiro atoms. The third-order valence-corrected chi connectivity index (χ3v) is 7.10. The number of esters is 1. The zero-order valence-corrected chi connectivity index (χ0v) is 25.3. The van der Waals surface area contributed by atoms with Gasteiger partial charge in [0.1, 0.15) is 10.8 Å². The van der Waals surface area contributed by atoms with E-state index in [4.69, 9.17) is 30.8 Å². The van der Waals surface area contributed by atoms with E-state index in [0.717, 1.165) is 4.47 Å². The van der Waals surface area contributed by atoms with Gasteiger partial charge in [-0.3, -0.25) is 4.79 Å². The standard InChI is InChI=1S/C26H28Br2ClN3O5/c1-7-35-19-11-15(20(28)21(29)22(19)37-14(3)24(34)36-8-2)13-30-32-23(33)17-12-16(27)9-10-18(17)31-25(32)26(4,5)6/h9-14H,7-8H2,1-6H3/t14-/m0/s1. The quantitative estimate of drug-likeness (QED) is 0.203. The third-order valence-electron chi connectivity index (χ3n) is 5.16. The fourth-order valence-electron chi connectivity index (χ4n) is 3.42. The summed E-state index contributed by atoms with van der Waals surface area (Å²) in [6.45, 7) is 11.5. The normalized spacial score (nSPS) is 12.7. The molecule has 0 aliphatic rings. The van der Waals surface area contributed by atoms with Gasteiger partial charge in [0.2, 0.25) is 0 Å². The molecule has 0 amide bonds. The first kappa shape index (κ1) is 29.1. The molecular formula is C26H28Br2ClN3O5. The van der Waals surface area contributed by atoms with E-state index in [2.05, 4.69) is 37.0 Å². The lowest BCUT2D eigenvalue weighted by molar-refractivity contribution is -0.150. The number of hydrogen-bond donors (Lipinski definition) is 0. The minimum Gasteiger partial charge on any atom is -0.490 e. The summed E-state index contributed by atoms with van der Waals surface area (Å²) in [5, 5.41) is 5.13. The number of hydrogen-bond acceptors (Lipinski definition) is 7. The maximum absolute atomic E-state index is 13.4. The molecule has 3 aromatic rings. The summed E-state index contributed by atoms with van der Waals surface area (Å²) in [5.41, 5.74) is 0.350. The Labute approximate surface area is 237 Å². The van der Waals surface area contributed by atoms with Crippen molar-refractivity contribution in [3.63, 3.8) is 0 Å². The minimum absolute atomic E-state index is 0.188. The predicted octanol–water partition coefficient (Wildman–Crippen LogP) is 6.48. The van der Waals surface area contributed by atoms with E-state index >= 15 is 0 Å². The Morgan fingerprint density at radius 1 is 1.22 bits per heavy atom. The van der Waals surface area contributed by atoms with Gasteiger partial charge >= 0.3 is 5.97 Å². The molecular weight excluding hydrogens is 630 g/mol. The number of fused-ring (bicyclic) bond motifs is 1. The van der Waals surface area contributed by atoms with Gasteiger partial charge in [-0.15, -0.1) is 0 Å². The second-order valence-electron chi connectivity index (χ2n) is 9.07. The van der Waals surface area contributed by atoms with Gasteiger partial charge in [-0.1, -0.05) is 48.3 Å². The van der Waals surface area contributed by atoms with Crippen molar-refractivity contribution >= 4 is 66.5 Å². The minimum atomic E-state index is -0.904. The number of carbonyl (C=O) groups is 1. The highest BCUT2D eigenvalue weighted by Gasteiger charge is 2.25. The summed E-state index contributed by atoms with van der Waals surface area (Å²) in [6, 6.07) is 7.03. The topological polar surface area (TPSA) is 92.0 Å².